The van der Waals surface area contributed by atoms with Crippen LogP contribution in [-0.4, -0.2) is 15.6 Å². The lowest BCUT2D eigenvalue weighted by Crippen LogP contribution is -2.00. The first-order valence-electron chi connectivity index (χ1n) is 8.11. The Balaban J connectivity index is 2.03. The third kappa shape index (κ3) is 3.55. The number of ketones is 1. The van der Waals surface area contributed by atoms with Gasteiger partial charge in [-0.15, -0.1) is 15.3 Å². The Morgan fingerprint density at radius 1 is 0.880 bits per heavy atom. The number of aryl methyl sites for hydroxylation is 2. The van der Waals surface area contributed by atoms with E-state index in [1.54, 1.807) is 4.68 Å². The number of Topliss-reactive ketones (excluding diaryl/α,β-unsaturated/α-hetero) is 1. The fourth-order valence-corrected chi connectivity index (χ4v) is 2.62. The Kier molecular flexibility index (Phi) is 4.57. The molecule has 0 N–H and O–H groups in total. The van der Waals surface area contributed by atoms with E-state index in [2.05, 4.69) is 15.3 Å². The maximum Gasteiger partial charge on any atom is 0.207 e. The second-order valence-corrected chi connectivity index (χ2v) is 6.12. The van der Waals surface area contributed by atoms with E-state index in [0.717, 1.165) is 22.6 Å². The van der Waals surface area contributed by atoms with Crippen molar-refractivity contribution in [3.05, 3.63) is 70.9 Å². The highest BCUT2D eigenvalue weighted by molar-refractivity contribution is 5.99. The molecule has 5 nitrogen and oxygen atoms in total. The van der Waals surface area contributed by atoms with Crippen LogP contribution in [0.15, 0.2) is 58.8 Å². The van der Waals surface area contributed by atoms with Gasteiger partial charge in [0.05, 0.1) is 22.6 Å². The summed E-state index contributed by atoms with van der Waals surface area (Å²) in [4.78, 5) is 12.1. The average Bonchev–Trinajstić information content (AvgIpc) is 2.92. The number of carbonyl (C=O) groups is 1. The van der Waals surface area contributed by atoms with Gasteiger partial charge in [0, 0.05) is 0 Å². The SMILES string of the molecule is CC(=O)c1c(N=Nc2ccc(C)cc2)nn(-c2ccc(C)cc2)c1C. The number of hydrogen-bond acceptors (Lipinski definition) is 4. The molecule has 0 aliphatic carbocycles. The molecule has 0 saturated carbocycles. The lowest BCUT2D eigenvalue weighted by molar-refractivity contribution is 0.101. The molecule has 0 unspecified atom stereocenters. The molecule has 3 rings (SSSR count). The summed E-state index contributed by atoms with van der Waals surface area (Å²) in [6.45, 7) is 7.44. The van der Waals surface area contributed by atoms with E-state index in [0.29, 0.717) is 11.4 Å². The molecule has 0 atom stereocenters. The van der Waals surface area contributed by atoms with E-state index in [1.165, 1.54) is 12.5 Å². The van der Waals surface area contributed by atoms with Crippen LogP contribution in [0.3, 0.4) is 0 Å². The summed E-state index contributed by atoms with van der Waals surface area (Å²) >= 11 is 0. The van der Waals surface area contributed by atoms with Gasteiger partial charge in [0.25, 0.3) is 0 Å². The topological polar surface area (TPSA) is 59.6 Å². The van der Waals surface area contributed by atoms with E-state index >= 15 is 0 Å². The van der Waals surface area contributed by atoms with E-state index in [9.17, 15) is 4.79 Å². The highest BCUT2D eigenvalue weighted by Crippen LogP contribution is 2.27. The fourth-order valence-electron chi connectivity index (χ4n) is 2.62. The Hall–Kier alpha value is -3.08. The van der Waals surface area contributed by atoms with Crippen LogP contribution in [0, 0.1) is 20.8 Å². The number of rotatable bonds is 4. The molecule has 25 heavy (non-hydrogen) atoms. The molecule has 0 radical (unpaired) electrons. The summed E-state index contributed by atoms with van der Waals surface area (Å²) in [5.74, 6) is 0.264. The maximum absolute atomic E-state index is 12.1. The van der Waals surface area contributed by atoms with Crippen molar-refractivity contribution in [2.24, 2.45) is 10.2 Å². The Morgan fingerprint density at radius 3 is 2.00 bits per heavy atom. The fraction of sp³-hybridized carbons (Fsp3) is 0.200. The van der Waals surface area contributed by atoms with Crippen LogP contribution in [0.1, 0.15) is 34.1 Å². The van der Waals surface area contributed by atoms with Crippen molar-refractivity contribution in [3.63, 3.8) is 0 Å². The molecule has 126 valence electrons. The van der Waals surface area contributed by atoms with Crippen molar-refractivity contribution in [2.45, 2.75) is 27.7 Å². The van der Waals surface area contributed by atoms with Crippen molar-refractivity contribution >= 4 is 17.3 Å². The first kappa shape index (κ1) is 16.8. The monoisotopic (exact) mass is 332 g/mol. The first-order chi connectivity index (χ1) is 12.0. The summed E-state index contributed by atoms with van der Waals surface area (Å²) in [7, 11) is 0. The van der Waals surface area contributed by atoms with Crippen LogP contribution in [-0.2, 0) is 0 Å². The predicted molar refractivity (Wildman–Crippen MR) is 98.4 cm³/mol. The van der Waals surface area contributed by atoms with Crippen molar-refractivity contribution in [1.82, 2.24) is 9.78 Å². The van der Waals surface area contributed by atoms with Crippen LogP contribution in [0.4, 0.5) is 11.5 Å². The van der Waals surface area contributed by atoms with Crippen molar-refractivity contribution in [2.75, 3.05) is 0 Å². The molecule has 0 spiro atoms. The van der Waals surface area contributed by atoms with Crippen LogP contribution >= 0.6 is 0 Å². The molecule has 0 aliphatic rings. The molecule has 2 aromatic carbocycles. The Bertz CT molecular complexity index is 935. The van der Waals surface area contributed by atoms with Gasteiger partial charge in [0.2, 0.25) is 5.82 Å². The number of hydrogen-bond donors (Lipinski definition) is 0. The molecule has 3 aromatic rings. The number of benzene rings is 2. The molecular formula is C20H20N4O. The second-order valence-electron chi connectivity index (χ2n) is 6.12. The minimum Gasteiger partial charge on any atom is -0.294 e. The Labute approximate surface area is 147 Å². The van der Waals surface area contributed by atoms with Crippen LogP contribution in [0.25, 0.3) is 5.69 Å². The van der Waals surface area contributed by atoms with E-state index < -0.39 is 0 Å². The van der Waals surface area contributed by atoms with Gasteiger partial charge in [0.1, 0.15) is 0 Å². The predicted octanol–water partition coefficient (Wildman–Crippen LogP) is 5.42. The van der Waals surface area contributed by atoms with Crippen molar-refractivity contribution < 1.29 is 4.79 Å². The average molecular weight is 332 g/mol. The molecule has 0 fully saturated rings. The van der Waals surface area contributed by atoms with E-state index in [4.69, 9.17) is 0 Å². The largest absolute Gasteiger partial charge is 0.294 e. The summed E-state index contributed by atoms with van der Waals surface area (Å²) in [6, 6.07) is 15.7. The van der Waals surface area contributed by atoms with Crippen molar-refractivity contribution in [1.29, 1.82) is 0 Å². The van der Waals surface area contributed by atoms with Crippen LogP contribution in [0.2, 0.25) is 0 Å². The summed E-state index contributed by atoms with van der Waals surface area (Å²) in [5.41, 5.74) is 5.19. The van der Waals surface area contributed by atoms with E-state index in [1.807, 2.05) is 69.3 Å². The molecule has 5 heteroatoms. The highest BCUT2D eigenvalue weighted by Gasteiger charge is 2.19. The number of nitrogens with zero attached hydrogens (tertiary/aromatic N) is 4. The van der Waals surface area contributed by atoms with Gasteiger partial charge >= 0.3 is 0 Å². The zero-order valence-corrected chi connectivity index (χ0v) is 14.8. The highest BCUT2D eigenvalue weighted by atomic mass is 16.1. The van der Waals surface area contributed by atoms with Gasteiger partial charge in [0.15, 0.2) is 5.78 Å². The Morgan fingerprint density at radius 2 is 1.44 bits per heavy atom. The zero-order chi connectivity index (χ0) is 18.0. The summed E-state index contributed by atoms with van der Waals surface area (Å²) in [5, 5.41) is 12.9. The van der Waals surface area contributed by atoms with Crippen LogP contribution in [0.5, 0.6) is 0 Å². The van der Waals surface area contributed by atoms with Gasteiger partial charge in [-0.3, -0.25) is 4.79 Å². The quantitative estimate of drug-likeness (QED) is 0.473. The number of carbonyl (C=O) groups excluding carboxylic acids is 1. The lowest BCUT2D eigenvalue weighted by Gasteiger charge is -2.04. The third-order valence-corrected chi connectivity index (χ3v) is 4.02. The summed E-state index contributed by atoms with van der Waals surface area (Å²) < 4.78 is 1.74. The third-order valence-electron chi connectivity index (χ3n) is 4.02. The minimum atomic E-state index is -0.0753. The van der Waals surface area contributed by atoms with Crippen LogP contribution < -0.4 is 0 Å². The molecule has 0 bridgehead atoms. The van der Waals surface area contributed by atoms with Crippen molar-refractivity contribution in [3.8, 4) is 5.69 Å². The van der Waals surface area contributed by atoms with Gasteiger partial charge < -0.3 is 0 Å². The summed E-state index contributed by atoms with van der Waals surface area (Å²) in [6.07, 6.45) is 0. The normalized spacial score (nSPS) is 11.2. The second kappa shape index (κ2) is 6.81. The van der Waals surface area contributed by atoms with Gasteiger partial charge in [-0.1, -0.05) is 35.4 Å². The molecule has 0 aliphatic heterocycles. The zero-order valence-electron chi connectivity index (χ0n) is 14.8. The molecular weight excluding hydrogens is 312 g/mol. The van der Waals surface area contributed by atoms with Gasteiger partial charge in [-0.05, 0) is 52.0 Å². The molecule has 1 aromatic heterocycles. The number of azo groups is 1. The lowest BCUT2D eigenvalue weighted by atomic mass is 10.1. The minimum absolute atomic E-state index is 0.0753. The maximum atomic E-state index is 12.1. The number of aromatic nitrogens is 2. The molecule has 1 heterocycles. The standard InChI is InChI=1S/C20H20N4O/c1-13-5-9-17(10-6-13)21-22-20-19(16(4)25)15(3)24(23-20)18-11-7-14(2)8-12-18/h5-12H,1-4H3. The van der Waals surface area contributed by atoms with Gasteiger partial charge in [-0.2, -0.15) is 0 Å². The van der Waals surface area contributed by atoms with Gasteiger partial charge in [-0.25, -0.2) is 4.68 Å². The molecule has 0 amide bonds. The van der Waals surface area contributed by atoms with E-state index in [-0.39, 0.29) is 5.78 Å². The molecule has 0 saturated heterocycles. The smallest absolute Gasteiger partial charge is 0.207 e. The first-order valence-corrected chi connectivity index (χ1v) is 8.11.